The molecule has 30 heavy (non-hydrogen) atoms. The number of amides is 1. The van der Waals surface area contributed by atoms with Crippen LogP contribution in [0.2, 0.25) is 5.02 Å². The normalized spacial score (nSPS) is 18.3. The molecule has 2 atom stereocenters. The SMILES string of the molecule is CC(C)(C)N(Cc1cccn1Cc1cccc(Cl)c1)C(=O)C1CC1c1ccccc1. The molecule has 3 aromatic rings. The summed E-state index contributed by atoms with van der Waals surface area (Å²) in [7, 11) is 0. The lowest BCUT2D eigenvalue weighted by molar-refractivity contribution is -0.138. The summed E-state index contributed by atoms with van der Waals surface area (Å²) in [6, 6.07) is 22.5. The van der Waals surface area contributed by atoms with Crippen LogP contribution in [0.4, 0.5) is 0 Å². The van der Waals surface area contributed by atoms with Gasteiger partial charge in [-0.2, -0.15) is 0 Å². The lowest BCUT2D eigenvalue weighted by atomic mass is 10.0. The van der Waals surface area contributed by atoms with Crippen LogP contribution < -0.4 is 0 Å². The summed E-state index contributed by atoms with van der Waals surface area (Å²) < 4.78 is 2.21. The monoisotopic (exact) mass is 420 g/mol. The van der Waals surface area contributed by atoms with Gasteiger partial charge in [-0.05, 0) is 68.5 Å². The third kappa shape index (κ3) is 4.62. The molecule has 3 nitrogen and oxygen atoms in total. The van der Waals surface area contributed by atoms with Gasteiger partial charge in [0, 0.05) is 34.9 Å². The van der Waals surface area contributed by atoms with Crippen molar-refractivity contribution in [2.75, 3.05) is 0 Å². The van der Waals surface area contributed by atoms with Crippen LogP contribution >= 0.6 is 11.6 Å². The molecule has 156 valence electrons. The summed E-state index contributed by atoms with van der Waals surface area (Å²) in [5, 5.41) is 0.744. The fraction of sp³-hybridized carbons (Fsp3) is 0.346. The van der Waals surface area contributed by atoms with Gasteiger partial charge in [-0.1, -0.05) is 54.1 Å². The maximum atomic E-state index is 13.5. The highest BCUT2D eigenvalue weighted by Gasteiger charge is 2.47. The van der Waals surface area contributed by atoms with Gasteiger partial charge in [0.1, 0.15) is 0 Å². The summed E-state index contributed by atoms with van der Waals surface area (Å²) in [5.41, 5.74) is 3.32. The van der Waals surface area contributed by atoms with Crippen LogP contribution in [0.15, 0.2) is 72.9 Å². The van der Waals surface area contributed by atoms with Gasteiger partial charge in [-0.3, -0.25) is 4.79 Å². The van der Waals surface area contributed by atoms with Gasteiger partial charge in [-0.15, -0.1) is 0 Å². The quantitative estimate of drug-likeness (QED) is 0.471. The van der Waals surface area contributed by atoms with Crippen molar-refractivity contribution in [3.63, 3.8) is 0 Å². The molecule has 1 aliphatic carbocycles. The summed E-state index contributed by atoms with van der Waals surface area (Å²) in [5.74, 6) is 0.691. The van der Waals surface area contributed by atoms with Gasteiger partial charge in [0.25, 0.3) is 0 Å². The highest BCUT2D eigenvalue weighted by molar-refractivity contribution is 6.30. The molecule has 2 unspecified atom stereocenters. The van der Waals surface area contributed by atoms with Gasteiger partial charge in [0.2, 0.25) is 5.91 Å². The zero-order valence-corrected chi connectivity index (χ0v) is 18.6. The average molecular weight is 421 g/mol. The second kappa shape index (κ2) is 8.31. The molecule has 0 N–H and O–H groups in total. The van der Waals surface area contributed by atoms with Crippen LogP contribution in [0, 0.1) is 5.92 Å². The van der Waals surface area contributed by atoms with E-state index < -0.39 is 0 Å². The molecular weight excluding hydrogens is 392 g/mol. The van der Waals surface area contributed by atoms with Crippen molar-refractivity contribution in [1.29, 1.82) is 0 Å². The third-order valence-electron chi connectivity index (χ3n) is 5.90. The molecule has 4 heteroatoms. The first kappa shape index (κ1) is 20.7. The van der Waals surface area contributed by atoms with E-state index in [1.54, 1.807) is 0 Å². The Bertz CT molecular complexity index is 1020. The van der Waals surface area contributed by atoms with E-state index in [-0.39, 0.29) is 17.4 Å². The van der Waals surface area contributed by atoms with Crippen molar-refractivity contribution in [1.82, 2.24) is 9.47 Å². The lowest BCUT2D eigenvalue weighted by Gasteiger charge is -2.36. The van der Waals surface area contributed by atoms with Gasteiger partial charge in [0.05, 0.1) is 6.54 Å². The predicted octanol–water partition coefficient (Wildman–Crippen LogP) is 6.12. The van der Waals surface area contributed by atoms with Gasteiger partial charge < -0.3 is 9.47 Å². The Hall–Kier alpha value is -2.52. The smallest absolute Gasteiger partial charge is 0.227 e. The summed E-state index contributed by atoms with van der Waals surface area (Å²) in [6.07, 6.45) is 3.02. The number of benzene rings is 2. The molecule has 0 spiro atoms. The van der Waals surface area contributed by atoms with Crippen LogP contribution in [0.5, 0.6) is 0 Å². The zero-order chi connectivity index (χ0) is 21.3. The molecule has 0 saturated heterocycles. The molecule has 1 saturated carbocycles. The molecule has 4 rings (SSSR count). The van der Waals surface area contributed by atoms with E-state index in [9.17, 15) is 4.79 Å². The number of carbonyl (C=O) groups excluding carboxylic acids is 1. The maximum Gasteiger partial charge on any atom is 0.227 e. The molecule has 2 aromatic carbocycles. The van der Waals surface area contributed by atoms with Gasteiger partial charge in [-0.25, -0.2) is 0 Å². The second-order valence-corrected chi connectivity index (χ2v) is 9.65. The Kier molecular flexibility index (Phi) is 5.75. The average Bonchev–Trinajstić information content (AvgIpc) is 3.39. The van der Waals surface area contributed by atoms with E-state index in [2.05, 4.69) is 74.0 Å². The Morgan fingerprint density at radius 3 is 2.53 bits per heavy atom. The first-order valence-electron chi connectivity index (χ1n) is 10.6. The van der Waals surface area contributed by atoms with Crippen molar-refractivity contribution in [2.45, 2.75) is 51.7 Å². The number of aromatic nitrogens is 1. The van der Waals surface area contributed by atoms with E-state index >= 15 is 0 Å². The number of hydrogen-bond donors (Lipinski definition) is 0. The van der Waals surface area contributed by atoms with Gasteiger partial charge in [0.15, 0.2) is 0 Å². The van der Waals surface area contributed by atoms with Crippen LogP contribution in [-0.4, -0.2) is 20.9 Å². The lowest BCUT2D eigenvalue weighted by Crippen LogP contribution is -2.46. The minimum atomic E-state index is -0.244. The highest BCUT2D eigenvalue weighted by Crippen LogP contribution is 2.49. The second-order valence-electron chi connectivity index (χ2n) is 9.21. The molecule has 1 amide bonds. The maximum absolute atomic E-state index is 13.5. The number of rotatable bonds is 6. The molecule has 0 aliphatic heterocycles. The van der Waals surface area contributed by atoms with E-state index in [0.29, 0.717) is 12.5 Å². The molecular formula is C26H29ClN2O. The number of nitrogens with zero attached hydrogens (tertiary/aromatic N) is 2. The Labute approximate surface area is 184 Å². The standard InChI is InChI=1S/C26H29ClN2O/c1-26(2,3)29(25(30)24-16-23(24)20-10-5-4-6-11-20)18-22-13-8-14-28(22)17-19-9-7-12-21(27)15-19/h4-15,23-24H,16-18H2,1-3H3. The molecule has 0 radical (unpaired) electrons. The molecule has 0 bridgehead atoms. The van der Waals surface area contributed by atoms with Crippen LogP contribution in [-0.2, 0) is 17.9 Å². The Balaban J connectivity index is 1.51. The third-order valence-corrected chi connectivity index (χ3v) is 6.13. The van der Waals surface area contributed by atoms with Crippen LogP contribution in [0.3, 0.4) is 0 Å². The molecule has 1 aromatic heterocycles. The predicted molar refractivity (Wildman–Crippen MR) is 123 cm³/mol. The fourth-order valence-corrected chi connectivity index (χ4v) is 4.34. The molecule has 1 heterocycles. The zero-order valence-electron chi connectivity index (χ0n) is 17.9. The van der Waals surface area contributed by atoms with Crippen LogP contribution in [0.1, 0.15) is 49.9 Å². The summed E-state index contributed by atoms with van der Waals surface area (Å²) in [4.78, 5) is 15.5. The molecule has 1 aliphatic rings. The highest BCUT2D eigenvalue weighted by atomic mass is 35.5. The van der Waals surface area contributed by atoms with E-state index in [0.717, 1.165) is 29.2 Å². The molecule has 1 fully saturated rings. The first-order valence-corrected chi connectivity index (χ1v) is 11.0. The minimum absolute atomic E-state index is 0.0861. The van der Waals surface area contributed by atoms with Crippen molar-refractivity contribution < 1.29 is 4.79 Å². The summed E-state index contributed by atoms with van der Waals surface area (Å²) >= 11 is 6.15. The van der Waals surface area contributed by atoms with E-state index in [4.69, 9.17) is 11.6 Å². The van der Waals surface area contributed by atoms with Crippen molar-refractivity contribution in [3.05, 3.63) is 94.8 Å². The Morgan fingerprint density at radius 2 is 1.83 bits per heavy atom. The first-order chi connectivity index (χ1) is 14.3. The van der Waals surface area contributed by atoms with Crippen molar-refractivity contribution >= 4 is 17.5 Å². The fourth-order valence-electron chi connectivity index (χ4n) is 4.12. The largest absolute Gasteiger partial charge is 0.345 e. The Morgan fingerprint density at radius 1 is 1.07 bits per heavy atom. The van der Waals surface area contributed by atoms with E-state index in [1.807, 2.05) is 29.2 Å². The topological polar surface area (TPSA) is 25.2 Å². The van der Waals surface area contributed by atoms with Gasteiger partial charge >= 0.3 is 0 Å². The van der Waals surface area contributed by atoms with E-state index in [1.165, 1.54) is 5.56 Å². The van der Waals surface area contributed by atoms with Crippen molar-refractivity contribution in [2.24, 2.45) is 5.92 Å². The van der Waals surface area contributed by atoms with Crippen molar-refractivity contribution in [3.8, 4) is 0 Å². The minimum Gasteiger partial charge on any atom is -0.345 e. The summed E-state index contributed by atoms with van der Waals surface area (Å²) in [6.45, 7) is 7.71. The number of carbonyl (C=O) groups is 1. The number of hydrogen-bond acceptors (Lipinski definition) is 1. The van der Waals surface area contributed by atoms with Crippen LogP contribution in [0.25, 0.3) is 0 Å². The number of halogens is 1.